The summed E-state index contributed by atoms with van der Waals surface area (Å²) in [6, 6.07) is 0. The van der Waals surface area contributed by atoms with Gasteiger partial charge in [0.25, 0.3) is 0 Å². The molecule has 0 saturated heterocycles. The molecule has 0 unspecified atom stereocenters. The maximum absolute atomic E-state index is 3.55. The summed E-state index contributed by atoms with van der Waals surface area (Å²) in [5.41, 5.74) is 0. The minimum Gasteiger partial charge on any atom is -0.302 e. The van der Waals surface area contributed by atoms with Crippen molar-refractivity contribution in [3.8, 4) is 0 Å². The summed E-state index contributed by atoms with van der Waals surface area (Å²) in [5, 5.41) is 2.19. The van der Waals surface area contributed by atoms with E-state index in [2.05, 4.69) is 43.7 Å². The summed E-state index contributed by atoms with van der Waals surface area (Å²) in [5.74, 6) is 0. The molecular formula is C20H41Br2N. The summed E-state index contributed by atoms with van der Waals surface area (Å²) in [6.45, 7) is 5.94. The first kappa shape index (κ1) is 23.9. The highest BCUT2D eigenvalue weighted by Crippen LogP contribution is 2.13. The van der Waals surface area contributed by atoms with Crippen LogP contribution in [0.1, 0.15) is 96.8 Å². The van der Waals surface area contributed by atoms with E-state index < -0.39 is 0 Å². The third-order valence-corrected chi connectivity index (χ3v) is 5.34. The van der Waals surface area contributed by atoms with Gasteiger partial charge in [0.05, 0.1) is 0 Å². The predicted molar refractivity (Wildman–Crippen MR) is 114 cm³/mol. The van der Waals surface area contributed by atoms with Crippen molar-refractivity contribution in [2.45, 2.75) is 96.8 Å². The van der Waals surface area contributed by atoms with E-state index in [1.54, 1.807) is 0 Å². The van der Waals surface area contributed by atoms with Gasteiger partial charge in [-0.15, -0.1) is 0 Å². The molecule has 0 bridgehead atoms. The van der Waals surface area contributed by atoms with Crippen molar-refractivity contribution in [1.82, 2.24) is 4.90 Å². The monoisotopic (exact) mass is 453 g/mol. The van der Waals surface area contributed by atoms with E-state index in [1.807, 2.05) is 0 Å². The molecule has 140 valence electrons. The largest absolute Gasteiger partial charge is 0.302 e. The molecule has 0 aromatic carbocycles. The van der Waals surface area contributed by atoms with E-state index in [0.29, 0.717) is 0 Å². The van der Waals surface area contributed by atoms with E-state index in [-0.39, 0.29) is 0 Å². The Hall–Kier alpha value is 0.920. The lowest BCUT2D eigenvalue weighted by atomic mass is 10.0. The fraction of sp³-hybridized carbons (Fsp3) is 1.00. The van der Waals surface area contributed by atoms with Gasteiger partial charge in [0.2, 0.25) is 0 Å². The molecule has 0 N–H and O–H groups in total. The SMILES string of the molecule is CCCCCCCCCCCCCCCCN(CCBr)CCBr. The van der Waals surface area contributed by atoms with Gasteiger partial charge in [0.15, 0.2) is 0 Å². The molecule has 0 radical (unpaired) electrons. The van der Waals surface area contributed by atoms with Crippen LogP contribution in [0.25, 0.3) is 0 Å². The molecule has 0 spiro atoms. The normalized spacial score (nSPS) is 11.5. The zero-order valence-corrected chi connectivity index (χ0v) is 18.8. The first-order valence-corrected chi connectivity index (χ1v) is 12.4. The van der Waals surface area contributed by atoms with Crippen molar-refractivity contribution >= 4 is 31.9 Å². The Morgan fingerprint density at radius 2 is 0.826 bits per heavy atom. The number of alkyl halides is 2. The van der Waals surface area contributed by atoms with Gasteiger partial charge in [-0.1, -0.05) is 122 Å². The molecule has 0 aliphatic rings. The van der Waals surface area contributed by atoms with Crippen LogP contribution in [0.3, 0.4) is 0 Å². The van der Waals surface area contributed by atoms with Crippen molar-refractivity contribution in [3.05, 3.63) is 0 Å². The Kier molecular flexibility index (Phi) is 21.8. The van der Waals surface area contributed by atoms with Crippen molar-refractivity contribution in [1.29, 1.82) is 0 Å². The Morgan fingerprint density at radius 3 is 1.17 bits per heavy atom. The fourth-order valence-corrected chi connectivity index (χ4v) is 4.11. The molecule has 1 nitrogen and oxygen atoms in total. The van der Waals surface area contributed by atoms with E-state index in [1.165, 1.54) is 110 Å². The van der Waals surface area contributed by atoms with Crippen LogP contribution in [0.4, 0.5) is 0 Å². The summed E-state index contributed by atoms with van der Waals surface area (Å²) in [4.78, 5) is 2.56. The molecule has 3 heteroatoms. The molecule has 23 heavy (non-hydrogen) atoms. The number of nitrogens with zero attached hydrogens (tertiary/aromatic N) is 1. The molecule has 0 amide bonds. The average molecular weight is 455 g/mol. The maximum atomic E-state index is 3.55. The van der Waals surface area contributed by atoms with Crippen LogP contribution in [0.2, 0.25) is 0 Å². The third-order valence-electron chi connectivity index (χ3n) is 4.63. The smallest absolute Gasteiger partial charge is 0.0159 e. The molecule has 0 aliphatic carbocycles. The highest BCUT2D eigenvalue weighted by atomic mass is 79.9. The van der Waals surface area contributed by atoms with Gasteiger partial charge >= 0.3 is 0 Å². The zero-order valence-electron chi connectivity index (χ0n) is 15.6. The van der Waals surface area contributed by atoms with E-state index in [4.69, 9.17) is 0 Å². The maximum Gasteiger partial charge on any atom is 0.0159 e. The van der Waals surface area contributed by atoms with Crippen LogP contribution in [0.5, 0.6) is 0 Å². The molecule has 0 fully saturated rings. The lowest BCUT2D eigenvalue weighted by molar-refractivity contribution is 0.301. The van der Waals surface area contributed by atoms with Gasteiger partial charge in [-0.25, -0.2) is 0 Å². The van der Waals surface area contributed by atoms with Gasteiger partial charge in [-0.3, -0.25) is 0 Å². The molecule has 0 heterocycles. The lowest BCUT2D eigenvalue weighted by Gasteiger charge is -2.19. The first-order valence-electron chi connectivity index (χ1n) is 10.2. The predicted octanol–water partition coefficient (Wildman–Crippen LogP) is 7.56. The first-order chi connectivity index (χ1) is 11.3. The van der Waals surface area contributed by atoms with Crippen LogP contribution in [0, 0.1) is 0 Å². The summed E-state index contributed by atoms with van der Waals surface area (Å²) in [6.07, 6.45) is 20.2. The lowest BCUT2D eigenvalue weighted by Crippen LogP contribution is -2.28. The van der Waals surface area contributed by atoms with Gasteiger partial charge in [-0.05, 0) is 13.0 Å². The molecule has 0 rings (SSSR count). The Morgan fingerprint density at radius 1 is 0.478 bits per heavy atom. The number of rotatable bonds is 19. The zero-order chi connectivity index (χ0) is 17.0. The second-order valence-corrected chi connectivity index (χ2v) is 8.40. The Bertz CT molecular complexity index is 206. The number of halogens is 2. The average Bonchev–Trinajstić information content (AvgIpc) is 2.55. The Labute approximate surface area is 163 Å². The summed E-state index contributed by atoms with van der Waals surface area (Å²) in [7, 11) is 0. The fourth-order valence-electron chi connectivity index (χ4n) is 3.10. The third kappa shape index (κ3) is 19.1. The molecular weight excluding hydrogens is 414 g/mol. The molecule has 0 saturated carbocycles. The Balaban J connectivity index is 3.15. The van der Waals surface area contributed by atoms with Crippen LogP contribution >= 0.6 is 31.9 Å². The van der Waals surface area contributed by atoms with E-state index >= 15 is 0 Å². The minimum absolute atomic E-state index is 1.10. The molecule has 0 aliphatic heterocycles. The van der Waals surface area contributed by atoms with Crippen LogP contribution in [0.15, 0.2) is 0 Å². The van der Waals surface area contributed by atoms with E-state index in [0.717, 1.165) is 10.7 Å². The summed E-state index contributed by atoms with van der Waals surface area (Å²) >= 11 is 7.09. The summed E-state index contributed by atoms with van der Waals surface area (Å²) < 4.78 is 0. The van der Waals surface area contributed by atoms with Crippen LogP contribution in [-0.4, -0.2) is 35.2 Å². The minimum atomic E-state index is 1.10. The number of hydrogen-bond acceptors (Lipinski definition) is 1. The van der Waals surface area contributed by atoms with Crippen LogP contribution in [-0.2, 0) is 0 Å². The second kappa shape index (κ2) is 21.0. The quantitative estimate of drug-likeness (QED) is 0.144. The molecule has 0 aromatic rings. The van der Waals surface area contributed by atoms with E-state index in [9.17, 15) is 0 Å². The highest BCUT2D eigenvalue weighted by Gasteiger charge is 2.02. The van der Waals surface area contributed by atoms with Gasteiger partial charge in [-0.2, -0.15) is 0 Å². The topological polar surface area (TPSA) is 3.24 Å². The van der Waals surface area contributed by atoms with Gasteiger partial charge in [0, 0.05) is 23.7 Å². The molecule has 0 atom stereocenters. The van der Waals surface area contributed by atoms with Crippen LogP contribution < -0.4 is 0 Å². The second-order valence-electron chi connectivity index (χ2n) is 6.82. The van der Waals surface area contributed by atoms with Crippen molar-refractivity contribution < 1.29 is 0 Å². The highest BCUT2D eigenvalue weighted by molar-refractivity contribution is 9.09. The van der Waals surface area contributed by atoms with Crippen molar-refractivity contribution in [2.75, 3.05) is 30.3 Å². The standard InChI is InChI=1S/C20H41Br2N/c1-2-3-4-5-6-7-8-9-10-11-12-13-14-15-18-23(19-16-21)20-17-22/h2-20H2,1H3. The van der Waals surface area contributed by atoms with Crippen molar-refractivity contribution in [2.24, 2.45) is 0 Å². The van der Waals surface area contributed by atoms with Gasteiger partial charge in [0.1, 0.15) is 0 Å². The van der Waals surface area contributed by atoms with Crippen molar-refractivity contribution in [3.63, 3.8) is 0 Å². The number of unbranched alkanes of at least 4 members (excludes halogenated alkanes) is 13. The number of hydrogen-bond donors (Lipinski definition) is 0. The van der Waals surface area contributed by atoms with Gasteiger partial charge < -0.3 is 4.90 Å². The molecule has 0 aromatic heterocycles.